The van der Waals surface area contributed by atoms with Crippen molar-refractivity contribution in [3.05, 3.63) is 163 Å². The second-order valence-corrected chi connectivity index (χ2v) is 11.8. The van der Waals surface area contributed by atoms with E-state index in [0.717, 1.165) is 29.6 Å². The quantitative estimate of drug-likeness (QED) is 0.183. The van der Waals surface area contributed by atoms with E-state index in [9.17, 15) is 5.26 Å². The molecule has 1 aliphatic carbocycles. The highest BCUT2D eigenvalue weighted by molar-refractivity contribution is 6.09. The van der Waals surface area contributed by atoms with Crippen LogP contribution in [0.1, 0.15) is 28.8 Å². The van der Waals surface area contributed by atoms with Gasteiger partial charge in [-0.3, -0.25) is 0 Å². The second kappa shape index (κ2) is 12.3. The number of nitrogens with zero attached hydrogens (tertiary/aromatic N) is 3. The van der Waals surface area contributed by atoms with Gasteiger partial charge in [-0.1, -0.05) is 91.5 Å². The van der Waals surface area contributed by atoms with Crippen molar-refractivity contribution in [1.82, 2.24) is 9.13 Å². The molecular weight excluding hydrogens is 558 g/mol. The van der Waals surface area contributed by atoms with E-state index >= 15 is 0 Å². The maximum Gasteiger partial charge on any atom is 0.0669 e. The van der Waals surface area contributed by atoms with Crippen molar-refractivity contribution in [1.29, 1.82) is 5.26 Å². The molecule has 7 aromatic rings. The number of hydrogen-bond donors (Lipinski definition) is 0. The molecule has 0 bridgehead atoms. The molecule has 8 rings (SSSR count). The SMILES string of the molecule is C=CC=C.Cc1ccc2c(c1)c1c(n2-c2ccc(-c3ccc(-n4c5ccccc5c5cc(CC#N)ccc54)cc3)cc2)C=CCC1. The first-order valence-electron chi connectivity index (χ1n) is 15.8. The largest absolute Gasteiger partial charge is 0.310 e. The number of aryl methyl sites for hydroxylation is 2. The Morgan fingerprint density at radius 1 is 0.696 bits per heavy atom. The highest BCUT2D eigenvalue weighted by Crippen LogP contribution is 2.36. The summed E-state index contributed by atoms with van der Waals surface area (Å²) in [6, 6.07) is 41.8. The number of allylic oxidation sites excluding steroid dienone is 3. The van der Waals surface area contributed by atoms with Gasteiger partial charge in [-0.15, -0.1) is 0 Å². The Bertz CT molecular complexity index is 2310. The van der Waals surface area contributed by atoms with Crippen LogP contribution < -0.4 is 0 Å². The lowest BCUT2D eigenvalue weighted by Crippen LogP contribution is -2.00. The Labute approximate surface area is 270 Å². The fourth-order valence-electron chi connectivity index (χ4n) is 6.73. The number of nitriles is 1. The molecule has 0 N–H and O–H groups in total. The Kier molecular flexibility index (Phi) is 7.71. The fourth-order valence-corrected chi connectivity index (χ4v) is 6.73. The van der Waals surface area contributed by atoms with Gasteiger partial charge >= 0.3 is 0 Å². The van der Waals surface area contributed by atoms with Crippen LogP contribution in [0.3, 0.4) is 0 Å². The lowest BCUT2D eigenvalue weighted by Gasteiger charge is -2.13. The molecule has 46 heavy (non-hydrogen) atoms. The van der Waals surface area contributed by atoms with Crippen LogP contribution in [0, 0.1) is 18.3 Å². The van der Waals surface area contributed by atoms with E-state index in [2.05, 4.69) is 157 Å². The Morgan fingerprint density at radius 2 is 1.33 bits per heavy atom. The molecule has 2 aromatic heterocycles. The molecule has 0 unspecified atom stereocenters. The molecule has 0 fully saturated rings. The van der Waals surface area contributed by atoms with Crippen molar-refractivity contribution in [2.45, 2.75) is 26.2 Å². The molecule has 5 aromatic carbocycles. The summed E-state index contributed by atoms with van der Waals surface area (Å²) in [4.78, 5) is 0. The van der Waals surface area contributed by atoms with E-state index in [4.69, 9.17) is 0 Å². The van der Waals surface area contributed by atoms with Gasteiger partial charge in [-0.05, 0) is 103 Å². The number of benzene rings is 5. The zero-order valence-electron chi connectivity index (χ0n) is 26.1. The van der Waals surface area contributed by atoms with Gasteiger partial charge < -0.3 is 9.13 Å². The average Bonchev–Trinajstić information content (AvgIpc) is 3.61. The molecule has 0 radical (unpaired) electrons. The number of para-hydroxylation sites is 1. The lowest BCUT2D eigenvalue weighted by atomic mass is 10.00. The molecule has 3 nitrogen and oxygen atoms in total. The first-order chi connectivity index (χ1) is 22.6. The number of hydrogen-bond acceptors (Lipinski definition) is 1. The normalized spacial score (nSPS) is 12.0. The van der Waals surface area contributed by atoms with Gasteiger partial charge in [0, 0.05) is 33.2 Å². The molecule has 2 heterocycles. The van der Waals surface area contributed by atoms with Crippen LogP contribution in [-0.4, -0.2) is 9.13 Å². The highest BCUT2D eigenvalue weighted by atomic mass is 15.0. The molecule has 0 spiro atoms. The van der Waals surface area contributed by atoms with E-state index in [1.54, 1.807) is 12.2 Å². The van der Waals surface area contributed by atoms with Gasteiger partial charge in [-0.25, -0.2) is 0 Å². The molecule has 222 valence electrons. The summed E-state index contributed by atoms with van der Waals surface area (Å²) in [6.07, 6.45) is 10.5. The third kappa shape index (κ3) is 5.05. The minimum atomic E-state index is 0.419. The zero-order valence-corrected chi connectivity index (χ0v) is 26.1. The maximum absolute atomic E-state index is 9.21. The van der Waals surface area contributed by atoms with Crippen molar-refractivity contribution in [3.8, 4) is 28.6 Å². The molecule has 0 aliphatic heterocycles. The van der Waals surface area contributed by atoms with E-state index in [-0.39, 0.29) is 0 Å². The topological polar surface area (TPSA) is 33.6 Å². The summed E-state index contributed by atoms with van der Waals surface area (Å²) in [7, 11) is 0. The van der Waals surface area contributed by atoms with Crippen LogP contribution in [-0.2, 0) is 12.8 Å². The summed E-state index contributed by atoms with van der Waals surface area (Å²) >= 11 is 0. The third-order valence-electron chi connectivity index (χ3n) is 8.88. The van der Waals surface area contributed by atoms with Gasteiger partial charge in [-0.2, -0.15) is 5.26 Å². The van der Waals surface area contributed by atoms with Gasteiger partial charge in [0.1, 0.15) is 0 Å². The van der Waals surface area contributed by atoms with Crippen molar-refractivity contribution in [2.24, 2.45) is 0 Å². The predicted octanol–water partition coefficient (Wildman–Crippen LogP) is 11.1. The van der Waals surface area contributed by atoms with Crippen LogP contribution in [0.5, 0.6) is 0 Å². The highest BCUT2D eigenvalue weighted by Gasteiger charge is 2.19. The number of aromatic nitrogens is 2. The standard InChI is InChI=1S/C39H29N3.C4H6/c1-26-10-20-38-34(24-26)32-6-2-4-8-36(32)41(38)30-16-12-28(13-17-30)29-14-18-31(19-15-29)42-37-9-5-3-7-33(37)35-25-27(22-23-40)11-21-39(35)42;1-3-4-2/h3-5,7-21,24-25H,2,6,22H2,1H3;3-4H,1-2H2. The van der Waals surface area contributed by atoms with E-state index < -0.39 is 0 Å². The van der Waals surface area contributed by atoms with Crippen LogP contribution in [0.25, 0.3) is 61.3 Å². The summed E-state index contributed by atoms with van der Waals surface area (Å²) < 4.78 is 4.74. The average molecular weight is 594 g/mol. The van der Waals surface area contributed by atoms with Gasteiger partial charge in [0.25, 0.3) is 0 Å². The molecule has 0 atom stereocenters. The first kappa shape index (κ1) is 28.9. The number of fused-ring (bicyclic) bond motifs is 6. The lowest BCUT2D eigenvalue weighted by molar-refractivity contribution is 0.967. The summed E-state index contributed by atoms with van der Waals surface area (Å²) in [5, 5.41) is 13.0. The van der Waals surface area contributed by atoms with Gasteiger partial charge in [0.15, 0.2) is 0 Å². The summed E-state index contributed by atoms with van der Waals surface area (Å²) in [5.74, 6) is 0. The molecule has 1 aliphatic rings. The Balaban J connectivity index is 0.000000801. The van der Waals surface area contributed by atoms with Crippen LogP contribution in [0.4, 0.5) is 0 Å². The molecule has 0 amide bonds. The smallest absolute Gasteiger partial charge is 0.0669 e. The molecule has 3 heteroatoms. The van der Waals surface area contributed by atoms with Crippen LogP contribution in [0.2, 0.25) is 0 Å². The molecular formula is C43H35N3. The molecule has 0 saturated heterocycles. The second-order valence-electron chi connectivity index (χ2n) is 11.8. The minimum Gasteiger partial charge on any atom is -0.310 e. The van der Waals surface area contributed by atoms with E-state index in [1.807, 2.05) is 0 Å². The van der Waals surface area contributed by atoms with Crippen molar-refractivity contribution >= 4 is 38.8 Å². The Hall–Kier alpha value is -5.85. The zero-order chi connectivity index (χ0) is 31.6. The van der Waals surface area contributed by atoms with E-state index in [1.165, 1.54) is 60.8 Å². The van der Waals surface area contributed by atoms with Crippen molar-refractivity contribution in [2.75, 3.05) is 0 Å². The van der Waals surface area contributed by atoms with Gasteiger partial charge in [0.05, 0.1) is 29.0 Å². The minimum absolute atomic E-state index is 0.419. The maximum atomic E-state index is 9.21. The third-order valence-corrected chi connectivity index (χ3v) is 8.88. The van der Waals surface area contributed by atoms with Crippen LogP contribution in [0.15, 0.2) is 141 Å². The molecule has 0 saturated carbocycles. The van der Waals surface area contributed by atoms with Gasteiger partial charge in [0.2, 0.25) is 0 Å². The Morgan fingerprint density at radius 3 is 2.02 bits per heavy atom. The monoisotopic (exact) mass is 593 g/mol. The van der Waals surface area contributed by atoms with E-state index in [0.29, 0.717) is 6.42 Å². The summed E-state index contributed by atoms with van der Waals surface area (Å²) in [6.45, 7) is 8.90. The predicted molar refractivity (Wildman–Crippen MR) is 195 cm³/mol. The first-order valence-corrected chi connectivity index (χ1v) is 15.8. The number of rotatable bonds is 5. The fraction of sp³-hybridized carbons (Fsp3) is 0.0930. The summed E-state index contributed by atoms with van der Waals surface area (Å²) in [5.41, 5.74) is 13.4. The van der Waals surface area contributed by atoms with Crippen molar-refractivity contribution < 1.29 is 0 Å². The van der Waals surface area contributed by atoms with Crippen LogP contribution >= 0.6 is 0 Å². The van der Waals surface area contributed by atoms with Crippen molar-refractivity contribution in [3.63, 3.8) is 0 Å².